The molecule has 0 aromatic heterocycles. The van der Waals surface area contributed by atoms with E-state index in [9.17, 15) is 9.18 Å². The van der Waals surface area contributed by atoms with E-state index in [0.717, 1.165) is 57.3 Å². The van der Waals surface area contributed by atoms with Crippen LogP contribution in [0.5, 0.6) is 0 Å². The molecule has 2 heterocycles. The van der Waals surface area contributed by atoms with E-state index in [1.165, 1.54) is 25.6 Å². The van der Waals surface area contributed by atoms with Crippen LogP contribution >= 0.6 is 11.6 Å². The van der Waals surface area contributed by atoms with Gasteiger partial charge in [0.2, 0.25) is 5.91 Å². The quantitative estimate of drug-likeness (QED) is 0.668. The Kier molecular flexibility index (Phi) is 8.34. The summed E-state index contributed by atoms with van der Waals surface area (Å²) in [7, 11) is 0. The maximum Gasteiger partial charge on any atom is 0.223 e. The second-order valence-electron chi connectivity index (χ2n) is 9.10. The van der Waals surface area contributed by atoms with Gasteiger partial charge in [0.15, 0.2) is 0 Å². The Hall–Kier alpha value is -1.17. The summed E-state index contributed by atoms with van der Waals surface area (Å²) in [4.78, 5) is 17.2. The van der Waals surface area contributed by atoms with Gasteiger partial charge >= 0.3 is 0 Å². The van der Waals surface area contributed by atoms with Crippen LogP contribution in [0.2, 0.25) is 5.02 Å². The highest BCUT2D eigenvalue weighted by Crippen LogP contribution is 2.24. The molecule has 2 aliphatic rings. The number of likely N-dealkylation sites (tertiary alicyclic amines) is 2. The third-order valence-corrected chi connectivity index (χ3v) is 6.65. The molecule has 1 aromatic carbocycles. The molecule has 1 N–H and O–H groups in total. The van der Waals surface area contributed by atoms with E-state index in [2.05, 4.69) is 29.0 Å². The van der Waals surface area contributed by atoms with Gasteiger partial charge in [-0.1, -0.05) is 31.5 Å². The van der Waals surface area contributed by atoms with Crippen molar-refractivity contribution in [2.45, 2.75) is 46.1 Å². The summed E-state index contributed by atoms with van der Waals surface area (Å²) in [6.07, 6.45) is 3.98. The average molecular weight is 424 g/mol. The van der Waals surface area contributed by atoms with E-state index in [1.807, 2.05) is 0 Å². The minimum atomic E-state index is -0.255. The molecule has 4 nitrogen and oxygen atoms in total. The van der Waals surface area contributed by atoms with Crippen LogP contribution in [-0.2, 0) is 11.3 Å². The van der Waals surface area contributed by atoms with Crippen molar-refractivity contribution in [3.05, 3.63) is 34.6 Å². The molecule has 2 aliphatic heterocycles. The van der Waals surface area contributed by atoms with Crippen molar-refractivity contribution in [1.29, 1.82) is 0 Å². The second-order valence-corrected chi connectivity index (χ2v) is 9.51. The summed E-state index contributed by atoms with van der Waals surface area (Å²) >= 11 is 6.14. The van der Waals surface area contributed by atoms with Gasteiger partial charge in [-0.2, -0.15) is 0 Å². The Bertz CT molecular complexity index is 648. The van der Waals surface area contributed by atoms with Crippen molar-refractivity contribution in [1.82, 2.24) is 15.1 Å². The fraction of sp³-hybridized carbons (Fsp3) is 0.696. The standard InChI is InChI=1S/C23H35ClFN3O/c1-17-13-18(2)15-28(14-17)10-4-9-26-23(29)19-7-11-27(12-8-19)16-20-21(24)5-3-6-22(20)25/h3,5-6,17-19H,4,7-16H2,1-2H3,(H,26,29)/t17-,18+. The number of hydrogen-bond acceptors (Lipinski definition) is 3. The van der Waals surface area contributed by atoms with Gasteiger partial charge in [-0.3, -0.25) is 9.69 Å². The Morgan fingerprint density at radius 3 is 2.52 bits per heavy atom. The lowest BCUT2D eigenvalue weighted by atomic mass is 9.92. The molecule has 1 aromatic rings. The molecule has 0 aliphatic carbocycles. The first-order chi connectivity index (χ1) is 13.9. The van der Waals surface area contributed by atoms with Crippen LogP contribution in [0, 0.1) is 23.6 Å². The molecule has 0 radical (unpaired) electrons. The average Bonchev–Trinajstić information content (AvgIpc) is 2.68. The smallest absolute Gasteiger partial charge is 0.223 e. The largest absolute Gasteiger partial charge is 0.356 e. The number of nitrogens with one attached hydrogen (secondary N) is 1. The van der Waals surface area contributed by atoms with E-state index < -0.39 is 0 Å². The van der Waals surface area contributed by atoms with Crippen LogP contribution in [0.25, 0.3) is 0 Å². The molecule has 0 spiro atoms. The van der Waals surface area contributed by atoms with Gasteiger partial charge in [-0.25, -0.2) is 4.39 Å². The Labute approximate surface area is 179 Å². The first-order valence-electron chi connectivity index (χ1n) is 11.1. The summed E-state index contributed by atoms with van der Waals surface area (Å²) < 4.78 is 14.0. The van der Waals surface area contributed by atoms with Gasteiger partial charge in [-0.15, -0.1) is 0 Å². The number of amides is 1. The molecule has 0 unspecified atom stereocenters. The van der Waals surface area contributed by atoms with Gasteiger partial charge < -0.3 is 10.2 Å². The van der Waals surface area contributed by atoms with E-state index >= 15 is 0 Å². The molecule has 29 heavy (non-hydrogen) atoms. The van der Waals surface area contributed by atoms with Crippen molar-refractivity contribution < 1.29 is 9.18 Å². The van der Waals surface area contributed by atoms with Gasteiger partial charge in [0.1, 0.15) is 5.82 Å². The number of carbonyl (C=O) groups is 1. The minimum Gasteiger partial charge on any atom is -0.356 e. The van der Waals surface area contributed by atoms with Crippen LogP contribution in [0.3, 0.4) is 0 Å². The van der Waals surface area contributed by atoms with Gasteiger partial charge in [0.25, 0.3) is 0 Å². The summed E-state index contributed by atoms with van der Waals surface area (Å²) in [6, 6.07) is 4.81. The van der Waals surface area contributed by atoms with Crippen molar-refractivity contribution in [3.63, 3.8) is 0 Å². The lowest BCUT2D eigenvalue weighted by Crippen LogP contribution is -2.42. The van der Waals surface area contributed by atoms with Crippen LogP contribution in [0.1, 0.15) is 45.1 Å². The van der Waals surface area contributed by atoms with Crippen LogP contribution in [0.4, 0.5) is 4.39 Å². The summed E-state index contributed by atoms with van der Waals surface area (Å²) in [6.45, 7) is 10.9. The number of halogens is 2. The lowest BCUT2D eigenvalue weighted by molar-refractivity contribution is -0.126. The van der Waals surface area contributed by atoms with Crippen LogP contribution in [0.15, 0.2) is 18.2 Å². The molecular formula is C23H35ClFN3O. The fourth-order valence-corrected chi connectivity index (χ4v) is 5.12. The zero-order chi connectivity index (χ0) is 20.8. The fourth-order valence-electron chi connectivity index (χ4n) is 4.89. The number of carbonyl (C=O) groups excluding carboxylic acids is 1. The van der Waals surface area contributed by atoms with Crippen LogP contribution < -0.4 is 5.32 Å². The molecule has 2 fully saturated rings. The van der Waals surface area contributed by atoms with Crippen LogP contribution in [-0.4, -0.2) is 55.0 Å². The topological polar surface area (TPSA) is 35.6 Å². The number of hydrogen-bond donors (Lipinski definition) is 1. The molecule has 0 bridgehead atoms. The Morgan fingerprint density at radius 2 is 1.86 bits per heavy atom. The molecule has 6 heteroatoms. The molecular weight excluding hydrogens is 389 g/mol. The van der Waals surface area contributed by atoms with E-state index in [0.29, 0.717) is 17.1 Å². The highest BCUT2D eigenvalue weighted by molar-refractivity contribution is 6.31. The minimum absolute atomic E-state index is 0.0670. The number of nitrogens with zero attached hydrogens (tertiary/aromatic N) is 2. The van der Waals surface area contributed by atoms with Crippen molar-refractivity contribution in [3.8, 4) is 0 Å². The Morgan fingerprint density at radius 1 is 1.17 bits per heavy atom. The highest BCUT2D eigenvalue weighted by Gasteiger charge is 2.26. The third kappa shape index (κ3) is 6.66. The first-order valence-corrected chi connectivity index (χ1v) is 11.5. The molecule has 162 valence electrons. The zero-order valence-corrected chi connectivity index (χ0v) is 18.6. The number of piperidine rings is 2. The van der Waals surface area contributed by atoms with E-state index in [4.69, 9.17) is 11.6 Å². The lowest BCUT2D eigenvalue weighted by Gasteiger charge is -2.35. The van der Waals surface area contributed by atoms with E-state index in [1.54, 1.807) is 12.1 Å². The predicted molar refractivity (Wildman–Crippen MR) is 116 cm³/mol. The number of rotatable bonds is 7. The Balaban J connectivity index is 1.34. The molecule has 0 saturated carbocycles. The van der Waals surface area contributed by atoms with E-state index in [-0.39, 0.29) is 17.6 Å². The summed E-state index contributed by atoms with van der Waals surface area (Å²) in [5, 5.41) is 3.61. The second kappa shape index (κ2) is 10.7. The van der Waals surface area contributed by atoms with Gasteiger partial charge in [-0.05, 0) is 69.3 Å². The number of benzene rings is 1. The third-order valence-electron chi connectivity index (χ3n) is 6.30. The highest BCUT2D eigenvalue weighted by atomic mass is 35.5. The molecule has 2 atom stereocenters. The molecule has 2 saturated heterocycles. The molecule has 1 amide bonds. The maximum atomic E-state index is 14.0. The maximum absolute atomic E-state index is 14.0. The summed E-state index contributed by atoms with van der Waals surface area (Å²) in [5.41, 5.74) is 0.554. The molecule has 3 rings (SSSR count). The SMILES string of the molecule is C[C@@H]1C[C@H](C)CN(CCCNC(=O)C2CCN(Cc3c(F)cccc3Cl)CC2)C1. The predicted octanol–water partition coefficient (Wildman–Crippen LogP) is 4.18. The monoisotopic (exact) mass is 423 g/mol. The summed E-state index contributed by atoms with van der Waals surface area (Å²) in [5.74, 6) is 1.54. The zero-order valence-electron chi connectivity index (χ0n) is 17.8. The van der Waals surface area contributed by atoms with Crippen molar-refractivity contribution in [2.24, 2.45) is 17.8 Å². The van der Waals surface area contributed by atoms with Gasteiger partial charge in [0.05, 0.1) is 0 Å². The van der Waals surface area contributed by atoms with Crippen molar-refractivity contribution in [2.75, 3.05) is 39.3 Å². The normalized spacial score (nSPS) is 24.6. The van der Waals surface area contributed by atoms with Crippen molar-refractivity contribution >= 4 is 17.5 Å². The first kappa shape index (κ1) is 22.5. The van der Waals surface area contributed by atoms with Gasteiger partial charge in [0, 0.05) is 42.7 Å².